The minimum absolute atomic E-state index is 0.210. The lowest BCUT2D eigenvalue weighted by atomic mass is 9.96. The molecular formula is C22H17Br3N2O5S. The third kappa shape index (κ3) is 4.55. The van der Waals surface area contributed by atoms with Crippen molar-refractivity contribution in [2.45, 2.75) is 19.9 Å². The summed E-state index contributed by atoms with van der Waals surface area (Å²) in [6.45, 7) is 3.69. The number of carbonyl (C=O) groups is 1. The van der Waals surface area contributed by atoms with Crippen molar-refractivity contribution in [2.24, 2.45) is 4.99 Å². The highest BCUT2D eigenvalue weighted by molar-refractivity contribution is 9.13. The number of aromatic nitrogens is 1. The number of furan rings is 1. The quantitative estimate of drug-likeness (QED) is 0.371. The van der Waals surface area contributed by atoms with Gasteiger partial charge in [0.1, 0.15) is 11.5 Å². The first kappa shape index (κ1) is 24.2. The summed E-state index contributed by atoms with van der Waals surface area (Å²) in [6, 6.07) is 6.49. The number of ether oxygens (including phenoxy) is 2. The first-order chi connectivity index (χ1) is 15.7. The van der Waals surface area contributed by atoms with E-state index in [2.05, 4.69) is 52.8 Å². The molecule has 3 heterocycles. The average Bonchev–Trinajstić information content (AvgIpc) is 3.24. The van der Waals surface area contributed by atoms with Crippen LogP contribution in [0.15, 0.2) is 63.4 Å². The summed E-state index contributed by atoms with van der Waals surface area (Å²) in [5.74, 6) is 0.631. The number of methoxy groups -OCH3 is 1. The number of halogens is 3. The molecule has 0 bridgehead atoms. The largest absolute Gasteiger partial charge is 0.496 e. The van der Waals surface area contributed by atoms with Gasteiger partial charge in [-0.05, 0) is 85.4 Å². The van der Waals surface area contributed by atoms with Gasteiger partial charge in [-0.2, -0.15) is 0 Å². The van der Waals surface area contributed by atoms with Crippen LogP contribution >= 0.6 is 59.1 Å². The molecule has 1 aromatic carbocycles. The lowest BCUT2D eigenvalue weighted by Gasteiger charge is -2.25. The van der Waals surface area contributed by atoms with Crippen LogP contribution in [0.2, 0.25) is 0 Å². The molecule has 0 fully saturated rings. The summed E-state index contributed by atoms with van der Waals surface area (Å²) >= 11 is 11.4. The Bertz CT molecular complexity index is 1450. The third-order valence-corrected chi connectivity index (χ3v) is 8.26. The van der Waals surface area contributed by atoms with Crippen LogP contribution in [-0.2, 0) is 9.53 Å². The molecule has 0 unspecified atom stereocenters. The number of benzene rings is 1. The molecule has 2 aromatic heterocycles. The molecule has 4 rings (SSSR count). The van der Waals surface area contributed by atoms with Gasteiger partial charge in [0.2, 0.25) is 0 Å². The highest BCUT2D eigenvalue weighted by atomic mass is 79.9. The van der Waals surface area contributed by atoms with E-state index in [1.165, 1.54) is 15.9 Å². The second-order valence-corrected chi connectivity index (χ2v) is 10.4. The molecule has 33 heavy (non-hydrogen) atoms. The molecule has 0 aliphatic carbocycles. The van der Waals surface area contributed by atoms with Gasteiger partial charge in [0.25, 0.3) is 5.56 Å². The summed E-state index contributed by atoms with van der Waals surface area (Å²) in [7, 11) is 1.57. The Morgan fingerprint density at radius 3 is 2.64 bits per heavy atom. The topological polar surface area (TPSA) is 83.0 Å². The van der Waals surface area contributed by atoms with Gasteiger partial charge >= 0.3 is 5.97 Å². The summed E-state index contributed by atoms with van der Waals surface area (Å²) in [6.07, 6.45) is 1.66. The predicted octanol–water partition coefficient (Wildman–Crippen LogP) is 4.69. The summed E-state index contributed by atoms with van der Waals surface area (Å²) < 4.78 is 20.2. The smallest absolute Gasteiger partial charge is 0.338 e. The van der Waals surface area contributed by atoms with Crippen LogP contribution < -0.4 is 19.6 Å². The van der Waals surface area contributed by atoms with Crippen LogP contribution in [0.25, 0.3) is 6.08 Å². The van der Waals surface area contributed by atoms with E-state index in [-0.39, 0.29) is 12.2 Å². The van der Waals surface area contributed by atoms with Crippen LogP contribution in [0, 0.1) is 0 Å². The Morgan fingerprint density at radius 1 is 1.27 bits per heavy atom. The van der Waals surface area contributed by atoms with Gasteiger partial charge in [-0.1, -0.05) is 17.4 Å². The van der Waals surface area contributed by atoms with E-state index < -0.39 is 12.0 Å². The maximum absolute atomic E-state index is 13.5. The highest BCUT2D eigenvalue weighted by Crippen LogP contribution is 2.35. The van der Waals surface area contributed by atoms with Crippen molar-refractivity contribution in [2.75, 3.05) is 13.7 Å². The van der Waals surface area contributed by atoms with Crippen molar-refractivity contribution in [1.82, 2.24) is 4.57 Å². The Balaban J connectivity index is 1.97. The molecule has 7 nitrogen and oxygen atoms in total. The van der Waals surface area contributed by atoms with E-state index >= 15 is 0 Å². The number of rotatable bonds is 5. The molecule has 0 saturated carbocycles. The minimum atomic E-state index is -0.709. The van der Waals surface area contributed by atoms with Gasteiger partial charge in [0, 0.05) is 6.08 Å². The standard InChI is InChI=1S/C22H17Br3N2O5S/c1-4-31-21(29)17-10(2)26-22-27(18(17)11-5-6-15(30-3)13(23)7-11)20(28)16(33-22)9-12-8-14(24)19(25)32-12/h5-9,18H,4H2,1-3H3/b16-9+/t18-/m1/s1. The zero-order valence-electron chi connectivity index (χ0n) is 17.6. The number of nitrogens with zero attached hydrogens (tertiary/aromatic N) is 2. The number of esters is 1. The maximum atomic E-state index is 13.5. The van der Waals surface area contributed by atoms with Crippen molar-refractivity contribution in [3.05, 3.63) is 80.2 Å². The van der Waals surface area contributed by atoms with Gasteiger partial charge in [-0.15, -0.1) is 0 Å². The fourth-order valence-electron chi connectivity index (χ4n) is 3.52. The molecule has 3 aromatic rings. The van der Waals surface area contributed by atoms with E-state index in [9.17, 15) is 9.59 Å². The molecule has 1 atom stereocenters. The van der Waals surface area contributed by atoms with E-state index in [0.29, 0.717) is 41.3 Å². The molecule has 172 valence electrons. The molecule has 0 spiro atoms. The summed E-state index contributed by atoms with van der Waals surface area (Å²) in [5.41, 5.74) is 1.25. The number of hydrogen-bond donors (Lipinski definition) is 0. The molecular weight excluding hydrogens is 644 g/mol. The van der Waals surface area contributed by atoms with Crippen LogP contribution in [0.1, 0.15) is 31.2 Å². The van der Waals surface area contributed by atoms with Crippen LogP contribution in [0.3, 0.4) is 0 Å². The Kier molecular flexibility index (Phi) is 7.13. The average molecular weight is 661 g/mol. The summed E-state index contributed by atoms with van der Waals surface area (Å²) in [5, 5.41) is 0. The minimum Gasteiger partial charge on any atom is -0.496 e. The Morgan fingerprint density at radius 2 is 2.03 bits per heavy atom. The number of fused-ring (bicyclic) bond motifs is 1. The lowest BCUT2D eigenvalue weighted by Crippen LogP contribution is -2.39. The zero-order chi connectivity index (χ0) is 23.9. The molecule has 0 saturated heterocycles. The van der Waals surface area contributed by atoms with Gasteiger partial charge in [-0.25, -0.2) is 9.79 Å². The second-order valence-electron chi connectivity index (χ2n) is 6.97. The zero-order valence-corrected chi connectivity index (χ0v) is 23.2. The van der Waals surface area contributed by atoms with E-state index in [1.54, 1.807) is 39.2 Å². The van der Waals surface area contributed by atoms with E-state index in [4.69, 9.17) is 13.9 Å². The number of thiazole rings is 1. The molecule has 1 aliphatic heterocycles. The first-order valence-corrected chi connectivity index (χ1v) is 12.9. The SMILES string of the molecule is CCOC(=O)C1=C(C)N=c2s/c(=C/c3cc(Br)c(Br)o3)c(=O)n2[C@@H]1c1ccc(OC)c(Br)c1. The van der Waals surface area contributed by atoms with E-state index in [1.807, 2.05) is 12.1 Å². The van der Waals surface area contributed by atoms with Crippen LogP contribution in [-0.4, -0.2) is 24.3 Å². The number of carbonyl (C=O) groups excluding carboxylic acids is 1. The summed E-state index contributed by atoms with van der Waals surface area (Å²) in [4.78, 5) is 31.5. The van der Waals surface area contributed by atoms with Gasteiger partial charge in [-0.3, -0.25) is 9.36 Å². The monoisotopic (exact) mass is 658 g/mol. The molecule has 0 radical (unpaired) electrons. The van der Waals surface area contributed by atoms with Crippen molar-refractivity contribution in [1.29, 1.82) is 0 Å². The Hall–Kier alpha value is -1.95. The van der Waals surface area contributed by atoms with Crippen molar-refractivity contribution in [3.63, 3.8) is 0 Å². The number of hydrogen-bond acceptors (Lipinski definition) is 7. The third-order valence-electron chi connectivity index (χ3n) is 4.95. The van der Waals surface area contributed by atoms with Crippen LogP contribution in [0.5, 0.6) is 5.75 Å². The van der Waals surface area contributed by atoms with Crippen molar-refractivity contribution in [3.8, 4) is 5.75 Å². The molecule has 0 amide bonds. The number of allylic oxidation sites excluding steroid dienone is 1. The molecule has 1 aliphatic rings. The van der Waals surface area contributed by atoms with Gasteiger partial charge in [0.15, 0.2) is 9.47 Å². The van der Waals surface area contributed by atoms with Crippen molar-refractivity contribution < 1.29 is 18.7 Å². The first-order valence-electron chi connectivity index (χ1n) is 9.73. The lowest BCUT2D eigenvalue weighted by molar-refractivity contribution is -0.139. The fraction of sp³-hybridized carbons (Fsp3) is 0.227. The predicted molar refractivity (Wildman–Crippen MR) is 135 cm³/mol. The molecule has 11 heteroatoms. The second kappa shape index (κ2) is 9.73. The Labute approximate surface area is 217 Å². The molecule has 0 N–H and O–H groups in total. The highest BCUT2D eigenvalue weighted by Gasteiger charge is 2.33. The van der Waals surface area contributed by atoms with E-state index in [0.717, 1.165) is 10.0 Å². The van der Waals surface area contributed by atoms with Gasteiger partial charge in [0.05, 0.1) is 44.5 Å². The van der Waals surface area contributed by atoms with Gasteiger partial charge < -0.3 is 13.9 Å². The van der Waals surface area contributed by atoms with Crippen LogP contribution in [0.4, 0.5) is 0 Å². The maximum Gasteiger partial charge on any atom is 0.338 e. The fourth-order valence-corrected chi connectivity index (χ4v) is 5.72. The normalized spacial score (nSPS) is 15.9. The van der Waals surface area contributed by atoms with Crippen molar-refractivity contribution >= 4 is 71.2 Å².